The highest BCUT2D eigenvalue weighted by atomic mass is 28.4. The molecule has 0 spiro atoms. The van der Waals surface area contributed by atoms with E-state index in [1.807, 2.05) is 0 Å². The summed E-state index contributed by atoms with van der Waals surface area (Å²) in [6.45, 7) is 9.97. The molecule has 0 bridgehead atoms. The van der Waals surface area contributed by atoms with Gasteiger partial charge in [0.05, 0.1) is 0 Å². The van der Waals surface area contributed by atoms with Gasteiger partial charge in [0.2, 0.25) is 0 Å². The van der Waals surface area contributed by atoms with Gasteiger partial charge in [0.25, 0.3) is 0 Å². The maximum atomic E-state index is 4.15. The first kappa shape index (κ1) is 18.2. The molecule has 0 radical (unpaired) electrons. The second kappa shape index (κ2) is 8.09. The molecular formula is C20H31NSi2. The molecule has 1 nitrogen and oxygen atoms in total. The van der Waals surface area contributed by atoms with E-state index in [0.717, 1.165) is 0 Å². The minimum absolute atomic E-state index is 1.20. The van der Waals surface area contributed by atoms with E-state index in [4.69, 9.17) is 0 Å². The Morgan fingerprint density at radius 2 is 0.957 bits per heavy atom. The standard InChI is InChI=1S/C20H31NSi2/c1-22(2,17-15-19-11-7-5-8-12-19)21-23(3,4)18-16-20-13-9-6-10-14-20/h5-14,21H,15-18H2,1-4H3. The molecule has 2 rings (SSSR count). The Morgan fingerprint density at radius 3 is 1.30 bits per heavy atom. The summed E-state index contributed by atoms with van der Waals surface area (Å²) < 4.78 is 4.15. The molecule has 0 heterocycles. The quantitative estimate of drug-likeness (QED) is 0.628. The zero-order valence-corrected chi connectivity index (χ0v) is 17.1. The molecule has 23 heavy (non-hydrogen) atoms. The van der Waals surface area contributed by atoms with Gasteiger partial charge in [-0.25, -0.2) is 0 Å². The molecule has 0 amide bonds. The predicted octanol–water partition coefficient (Wildman–Crippen LogP) is 5.47. The molecule has 0 aliphatic rings. The smallest absolute Gasteiger partial charge is 0.113 e. The minimum atomic E-state index is -1.35. The summed E-state index contributed by atoms with van der Waals surface area (Å²) in [7, 11) is -2.70. The van der Waals surface area contributed by atoms with Crippen LogP contribution in [0.4, 0.5) is 0 Å². The Morgan fingerprint density at radius 1 is 0.609 bits per heavy atom. The molecule has 0 saturated heterocycles. The van der Waals surface area contributed by atoms with Gasteiger partial charge in [-0.15, -0.1) is 0 Å². The van der Waals surface area contributed by atoms with Crippen LogP contribution >= 0.6 is 0 Å². The van der Waals surface area contributed by atoms with Gasteiger partial charge < -0.3 is 4.65 Å². The Bertz CT molecular complexity index is 526. The maximum absolute atomic E-state index is 4.15. The van der Waals surface area contributed by atoms with Crippen molar-refractivity contribution < 1.29 is 0 Å². The summed E-state index contributed by atoms with van der Waals surface area (Å²) in [6, 6.07) is 24.4. The monoisotopic (exact) mass is 341 g/mol. The van der Waals surface area contributed by atoms with Crippen LogP contribution in [-0.2, 0) is 12.8 Å². The van der Waals surface area contributed by atoms with Crippen molar-refractivity contribution in [3.8, 4) is 0 Å². The predicted molar refractivity (Wildman–Crippen MR) is 108 cm³/mol. The van der Waals surface area contributed by atoms with Gasteiger partial charge in [-0.3, -0.25) is 0 Å². The van der Waals surface area contributed by atoms with Gasteiger partial charge in [-0.2, -0.15) is 0 Å². The zero-order chi connectivity index (χ0) is 16.8. The fourth-order valence-corrected chi connectivity index (χ4v) is 13.4. The topological polar surface area (TPSA) is 12.0 Å². The molecule has 0 aliphatic heterocycles. The van der Waals surface area contributed by atoms with Gasteiger partial charge in [0, 0.05) is 0 Å². The first-order valence-electron chi connectivity index (χ1n) is 8.74. The number of hydrogen-bond acceptors (Lipinski definition) is 1. The normalized spacial score (nSPS) is 12.3. The lowest BCUT2D eigenvalue weighted by Gasteiger charge is -2.35. The molecule has 0 atom stereocenters. The SMILES string of the molecule is C[Si](C)(CCc1ccccc1)N[Si](C)(C)CCc1ccccc1. The van der Waals surface area contributed by atoms with Crippen molar-refractivity contribution in [1.29, 1.82) is 0 Å². The number of rotatable bonds is 8. The summed E-state index contributed by atoms with van der Waals surface area (Å²) in [5.41, 5.74) is 2.94. The average Bonchev–Trinajstić information content (AvgIpc) is 2.52. The Labute approximate surface area is 144 Å². The van der Waals surface area contributed by atoms with Crippen molar-refractivity contribution >= 4 is 16.5 Å². The lowest BCUT2D eigenvalue weighted by atomic mass is 10.2. The first-order chi connectivity index (χ1) is 10.9. The second-order valence-electron chi connectivity index (χ2n) is 7.86. The summed E-state index contributed by atoms with van der Waals surface area (Å²) in [5.74, 6) is 0. The lowest BCUT2D eigenvalue weighted by molar-refractivity contribution is 1.03. The van der Waals surface area contributed by atoms with Crippen molar-refractivity contribution in [2.24, 2.45) is 0 Å². The Hall–Kier alpha value is -1.17. The molecule has 2 aromatic rings. The summed E-state index contributed by atoms with van der Waals surface area (Å²) in [4.78, 5) is 0. The zero-order valence-electron chi connectivity index (χ0n) is 15.1. The van der Waals surface area contributed by atoms with Crippen LogP contribution < -0.4 is 4.65 Å². The number of benzene rings is 2. The van der Waals surface area contributed by atoms with Crippen molar-refractivity contribution in [2.75, 3.05) is 0 Å². The van der Waals surface area contributed by atoms with E-state index in [2.05, 4.69) is 91.5 Å². The molecular weight excluding hydrogens is 310 g/mol. The summed E-state index contributed by atoms with van der Waals surface area (Å²) in [6.07, 6.45) is 2.41. The van der Waals surface area contributed by atoms with E-state index in [-0.39, 0.29) is 0 Å². The maximum Gasteiger partial charge on any atom is 0.113 e. The number of hydrogen-bond donors (Lipinski definition) is 1. The molecule has 0 unspecified atom stereocenters. The molecule has 0 aromatic heterocycles. The fraction of sp³-hybridized carbons (Fsp3) is 0.400. The number of nitrogens with one attached hydrogen (secondary N) is 1. The molecule has 0 saturated carbocycles. The molecule has 0 fully saturated rings. The average molecular weight is 342 g/mol. The van der Waals surface area contributed by atoms with Crippen LogP contribution in [0.15, 0.2) is 60.7 Å². The first-order valence-corrected chi connectivity index (χ1v) is 15.1. The fourth-order valence-electron chi connectivity index (χ4n) is 3.24. The van der Waals surface area contributed by atoms with E-state index in [1.165, 1.54) is 36.1 Å². The Kier molecular flexibility index (Phi) is 6.39. The highest BCUT2D eigenvalue weighted by Gasteiger charge is 2.30. The second-order valence-corrected chi connectivity index (χ2v) is 17.4. The van der Waals surface area contributed by atoms with Gasteiger partial charge in [0.1, 0.15) is 16.5 Å². The van der Waals surface area contributed by atoms with Crippen molar-refractivity contribution in [3.05, 3.63) is 71.8 Å². The van der Waals surface area contributed by atoms with Crippen LogP contribution in [0.3, 0.4) is 0 Å². The van der Waals surface area contributed by atoms with Crippen molar-refractivity contribution in [2.45, 2.75) is 51.1 Å². The molecule has 2 aromatic carbocycles. The number of aryl methyl sites for hydroxylation is 2. The van der Waals surface area contributed by atoms with Gasteiger partial charge in [0.15, 0.2) is 0 Å². The van der Waals surface area contributed by atoms with Crippen LogP contribution in [0.2, 0.25) is 38.3 Å². The molecule has 3 heteroatoms. The largest absolute Gasteiger partial charge is 0.359 e. The summed E-state index contributed by atoms with van der Waals surface area (Å²) in [5, 5.41) is 0. The van der Waals surface area contributed by atoms with Gasteiger partial charge >= 0.3 is 0 Å². The highest BCUT2D eigenvalue weighted by Crippen LogP contribution is 2.18. The van der Waals surface area contributed by atoms with Crippen molar-refractivity contribution in [3.63, 3.8) is 0 Å². The lowest BCUT2D eigenvalue weighted by Crippen LogP contribution is -2.59. The van der Waals surface area contributed by atoms with Crippen LogP contribution in [0.1, 0.15) is 11.1 Å². The van der Waals surface area contributed by atoms with Crippen molar-refractivity contribution in [1.82, 2.24) is 4.65 Å². The van der Waals surface area contributed by atoms with Crippen LogP contribution in [0.5, 0.6) is 0 Å². The van der Waals surface area contributed by atoms with E-state index in [9.17, 15) is 0 Å². The van der Waals surface area contributed by atoms with E-state index < -0.39 is 16.5 Å². The molecule has 124 valence electrons. The van der Waals surface area contributed by atoms with Crippen LogP contribution in [-0.4, -0.2) is 16.5 Å². The van der Waals surface area contributed by atoms with E-state index in [0.29, 0.717) is 0 Å². The third-order valence-electron chi connectivity index (χ3n) is 4.44. The Balaban J connectivity index is 1.84. The van der Waals surface area contributed by atoms with Gasteiger partial charge in [-0.1, -0.05) is 86.9 Å². The molecule has 0 aliphatic carbocycles. The highest BCUT2D eigenvalue weighted by molar-refractivity contribution is 6.91. The van der Waals surface area contributed by atoms with E-state index in [1.54, 1.807) is 0 Å². The third-order valence-corrected chi connectivity index (χ3v) is 12.9. The van der Waals surface area contributed by atoms with Crippen LogP contribution in [0.25, 0.3) is 0 Å². The minimum Gasteiger partial charge on any atom is -0.359 e. The van der Waals surface area contributed by atoms with Gasteiger partial charge in [-0.05, 0) is 36.1 Å². The van der Waals surface area contributed by atoms with Crippen LogP contribution in [0, 0.1) is 0 Å². The molecule has 1 N–H and O–H groups in total. The summed E-state index contributed by atoms with van der Waals surface area (Å²) >= 11 is 0. The van der Waals surface area contributed by atoms with E-state index >= 15 is 0 Å². The third kappa shape index (κ3) is 6.85.